The van der Waals surface area contributed by atoms with Crippen molar-refractivity contribution < 1.29 is 14.3 Å². The van der Waals surface area contributed by atoms with E-state index in [9.17, 15) is 14.9 Å². The van der Waals surface area contributed by atoms with Crippen molar-refractivity contribution in [3.63, 3.8) is 0 Å². The van der Waals surface area contributed by atoms with E-state index in [0.29, 0.717) is 19.0 Å². The molecule has 1 aromatic rings. The second-order valence-corrected chi connectivity index (χ2v) is 8.29. The molecular formula is C23H33N3O3. The second-order valence-electron chi connectivity index (χ2n) is 8.29. The Bertz CT molecular complexity index is 806. The number of likely N-dealkylation sites (tertiary alicyclic amines) is 1. The predicted octanol–water partition coefficient (Wildman–Crippen LogP) is 4.00. The summed E-state index contributed by atoms with van der Waals surface area (Å²) in [5, 5.41) is 9.49. The molecule has 0 aromatic carbocycles. The van der Waals surface area contributed by atoms with Crippen LogP contribution in [0.5, 0.6) is 0 Å². The molecule has 6 heteroatoms. The maximum Gasteiger partial charge on any atom is 0.349 e. The third-order valence-corrected chi connectivity index (χ3v) is 5.35. The van der Waals surface area contributed by atoms with Gasteiger partial charge in [0.15, 0.2) is 6.10 Å². The molecule has 0 aliphatic carbocycles. The number of nitrogens with zero attached hydrogens (tertiary/aromatic N) is 3. The van der Waals surface area contributed by atoms with E-state index >= 15 is 0 Å². The summed E-state index contributed by atoms with van der Waals surface area (Å²) in [6.45, 7) is 12.1. The van der Waals surface area contributed by atoms with Crippen molar-refractivity contribution in [3.8, 4) is 6.07 Å². The Labute approximate surface area is 174 Å². The van der Waals surface area contributed by atoms with Gasteiger partial charge in [0.1, 0.15) is 11.6 Å². The fraction of sp³-hybridized carbons (Fsp3) is 0.609. The molecule has 2 rings (SSSR count). The van der Waals surface area contributed by atoms with Crippen LogP contribution in [0.2, 0.25) is 0 Å². The smallest absolute Gasteiger partial charge is 0.349 e. The van der Waals surface area contributed by atoms with E-state index in [1.807, 2.05) is 26.0 Å². The molecule has 1 atom stereocenters. The average Bonchev–Trinajstić information content (AvgIpc) is 2.88. The van der Waals surface area contributed by atoms with Gasteiger partial charge in [-0.2, -0.15) is 5.26 Å². The summed E-state index contributed by atoms with van der Waals surface area (Å²) in [6, 6.07) is 3.90. The van der Waals surface area contributed by atoms with E-state index < -0.39 is 12.1 Å². The molecule has 1 aliphatic heterocycles. The number of nitriles is 1. The van der Waals surface area contributed by atoms with E-state index in [0.717, 1.165) is 49.2 Å². The number of hydrogen-bond acceptors (Lipinski definition) is 4. The lowest BCUT2D eigenvalue weighted by atomic mass is 10.1. The highest BCUT2D eigenvalue weighted by Gasteiger charge is 2.26. The number of esters is 1. The quantitative estimate of drug-likeness (QED) is 0.412. The van der Waals surface area contributed by atoms with Crippen molar-refractivity contribution in [3.05, 3.63) is 28.6 Å². The standard InChI is InChI=1S/C23H33N3O3/c1-16(2)15-26-17(3)12-20(18(26)4)13-21(14-24)23(28)29-19(5)22(27)25-10-8-6-7-9-11-25/h12-13,16,19H,6-11,15H2,1-5H3/b21-13+/t19-/m1/s1. The Kier molecular flexibility index (Phi) is 8.07. The molecule has 6 nitrogen and oxygen atoms in total. The van der Waals surface area contributed by atoms with E-state index in [1.54, 1.807) is 17.9 Å². The molecule has 2 heterocycles. The lowest BCUT2D eigenvalue weighted by molar-refractivity contribution is -0.155. The van der Waals surface area contributed by atoms with Gasteiger partial charge in [0.25, 0.3) is 5.91 Å². The van der Waals surface area contributed by atoms with E-state index in [1.165, 1.54) is 0 Å². The topological polar surface area (TPSA) is 75.3 Å². The number of aromatic nitrogens is 1. The van der Waals surface area contributed by atoms with Crippen LogP contribution < -0.4 is 0 Å². The van der Waals surface area contributed by atoms with Crippen LogP contribution in [0.1, 0.15) is 63.4 Å². The van der Waals surface area contributed by atoms with Crippen LogP contribution in [0.4, 0.5) is 0 Å². The Balaban J connectivity index is 2.12. The number of ether oxygens (including phenoxy) is 1. The Hall–Kier alpha value is -2.55. The van der Waals surface area contributed by atoms with Gasteiger partial charge in [-0.1, -0.05) is 26.7 Å². The van der Waals surface area contributed by atoms with Crippen LogP contribution >= 0.6 is 0 Å². The number of aryl methyl sites for hydroxylation is 1. The molecule has 29 heavy (non-hydrogen) atoms. The van der Waals surface area contributed by atoms with Crippen LogP contribution in [0, 0.1) is 31.1 Å². The van der Waals surface area contributed by atoms with Gasteiger partial charge in [-0.15, -0.1) is 0 Å². The lowest BCUT2D eigenvalue weighted by Crippen LogP contribution is -2.40. The molecule has 1 saturated heterocycles. The van der Waals surface area contributed by atoms with Crippen molar-refractivity contribution in [2.24, 2.45) is 5.92 Å². The number of amides is 1. The third kappa shape index (κ3) is 5.96. The van der Waals surface area contributed by atoms with Crippen LogP contribution in [-0.2, 0) is 20.9 Å². The molecule has 0 unspecified atom stereocenters. The fourth-order valence-corrected chi connectivity index (χ4v) is 3.73. The first-order chi connectivity index (χ1) is 13.7. The molecule has 1 aromatic heterocycles. The van der Waals surface area contributed by atoms with E-state index in [4.69, 9.17) is 4.74 Å². The summed E-state index contributed by atoms with van der Waals surface area (Å²) in [6.07, 6.45) is 4.85. The van der Waals surface area contributed by atoms with Crippen LogP contribution in [0.3, 0.4) is 0 Å². The predicted molar refractivity (Wildman–Crippen MR) is 113 cm³/mol. The van der Waals surface area contributed by atoms with Gasteiger partial charge in [0.2, 0.25) is 0 Å². The van der Waals surface area contributed by atoms with E-state index in [2.05, 4.69) is 18.4 Å². The van der Waals surface area contributed by atoms with Crippen molar-refractivity contribution in [1.29, 1.82) is 5.26 Å². The lowest BCUT2D eigenvalue weighted by Gasteiger charge is -2.23. The average molecular weight is 400 g/mol. The zero-order valence-corrected chi connectivity index (χ0v) is 18.3. The molecule has 0 radical (unpaired) electrons. The summed E-state index contributed by atoms with van der Waals surface area (Å²) in [4.78, 5) is 26.9. The molecule has 1 fully saturated rings. The number of carbonyl (C=O) groups is 2. The Morgan fingerprint density at radius 1 is 1.17 bits per heavy atom. The highest BCUT2D eigenvalue weighted by Crippen LogP contribution is 2.20. The summed E-state index contributed by atoms with van der Waals surface area (Å²) in [5.74, 6) is -0.452. The van der Waals surface area contributed by atoms with Gasteiger partial charge in [-0.25, -0.2) is 4.79 Å². The summed E-state index contributed by atoms with van der Waals surface area (Å²) in [7, 11) is 0. The molecule has 1 aliphatic rings. The summed E-state index contributed by atoms with van der Waals surface area (Å²) >= 11 is 0. The zero-order valence-electron chi connectivity index (χ0n) is 18.3. The minimum atomic E-state index is -0.897. The third-order valence-electron chi connectivity index (χ3n) is 5.35. The summed E-state index contributed by atoms with van der Waals surface area (Å²) < 4.78 is 7.53. The molecule has 1 amide bonds. The first-order valence-corrected chi connectivity index (χ1v) is 10.5. The van der Waals surface area contributed by atoms with Gasteiger partial charge < -0.3 is 14.2 Å². The first-order valence-electron chi connectivity index (χ1n) is 10.5. The molecule has 0 saturated carbocycles. The molecule has 0 spiro atoms. The minimum Gasteiger partial charge on any atom is -0.448 e. The normalized spacial score (nSPS) is 16.3. The highest BCUT2D eigenvalue weighted by atomic mass is 16.5. The number of hydrogen-bond donors (Lipinski definition) is 0. The van der Waals surface area contributed by atoms with Crippen molar-refractivity contribution in [2.45, 2.75) is 73.0 Å². The van der Waals surface area contributed by atoms with Gasteiger partial charge in [-0.3, -0.25) is 4.79 Å². The SMILES string of the molecule is Cc1cc(/C=C(\C#N)C(=O)O[C@H](C)C(=O)N2CCCCCC2)c(C)n1CC(C)C. The first kappa shape index (κ1) is 22.7. The second kappa shape index (κ2) is 10.3. The van der Waals surface area contributed by atoms with Crippen molar-refractivity contribution >= 4 is 18.0 Å². The number of rotatable bonds is 6. The Morgan fingerprint density at radius 3 is 2.34 bits per heavy atom. The maximum atomic E-state index is 12.6. The molecule has 0 N–H and O–H groups in total. The molecular weight excluding hydrogens is 366 g/mol. The zero-order chi connectivity index (χ0) is 21.6. The van der Waals surface area contributed by atoms with Crippen LogP contribution in [0.15, 0.2) is 11.6 Å². The van der Waals surface area contributed by atoms with Gasteiger partial charge >= 0.3 is 5.97 Å². The maximum absolute atomic E-state index is 12.6. The Morgan fingerprint density at radius 2 is 1.79 bits per heavy atom. The number of carbonyl (C=O) groups excluding carboxylic acids is 2. The minimum absolute atomic E-state index is 0.0923. The largest absolute Gasteiger partial charge is 0.448 e. The van der Waals surface area contributed by atoms with E-state index in [-0.39, 0.29) is 11.5 Å². The fourth-order valence-electron chi connectivity index (χ4n) is 3.73. The van der Waals surface area contributed by atoms with Gasteiger partial charge in [0.05, 0.1) is 0 Å². The molecule has 158 valence electrons. The highest BCUT2D eigenvalue weighted by molar-refractivity contribution is 5.99. The van der Waals surface area contributed by atoms with Gasteiger partial charge in [-0.05, 0) is 57.2 Å². The van der Waals surface area contributed by atoms with Gasteiger partial charge in [0, 0.05) is 31.0 Å². The molecule has 0 bridgehead atoms. The van der Waals surface area contributed by atoms with Crippen LogP contribution in [0.25, 0.3) is 6.08 Å². The monoisotopic (exact) mass is 399 g/mol. The van der Waals surface area contributed by atoms with Crippen molar-refractivity contribution in [1.82, 2.24) is 9.47 Å². The summed E-state index contributed by atoms with van der Waals surface area (Å²) in [5.41, 5.74) is 2.82. The van der Waals surface area contributed by atoms with Crippen molar-refractivity contribution in [2.75, 3.05) is 13.1 Å². The van der Waals surface area contributed by atoms with Crippen LogP contribution in [-0.4, -0.2) is 40.5 Å².